The van der Waals surface area contributed by atoms with Crippen LogP contribution in [0.4, 0.5) is 0 Å². The number of aryl methyl sites for hydroxylation is 2. The third-order valence-corrected chi connectivity index (χ3v) is 7.10. The fraction of sp³-hybridized carbons (Fsp3) is 0.455. The Hall–Kier alpha value is -2.54. The Morgan fingerprint density at radius 1 is 0.966 bits per heavy atom. The molecular formula is C22H24N2O4S. The highest BCUT2D eigenvalue weighted by Gasteiger charge is 2.34. The lowest BCUT2D eigenvalue weighted by molar-refractivity contribution is -0.142. The lowest BCUT2D eigenvalue weighted by Gasteiger charge is -2.37. The maximum absolute atomic E-state index is 12.9. The maximum atomic E-state index is 12.9. The van der Waals surface area contributed by atoms with Crippen LogP contribution in [0.2, 0.25) is 0 Å². The first kappa shape index (κ1) is 18.5. The van der Waals surface area contributed by atoms with Crippen molar-refractivity contribution in [1.29, 1.82) is 0 Å². The highest BCUT2D eigenvalue weighted by Crippen LogP contribution is 2.32. The summed E-state index contributed by atoms with van der Waals surface area (Å²) >= 11 is 1.65. The van der Waals surface area contributed by atoms with Gasteiger partial charge in [0.2, 0.25) is 6.10 Å². The Labute approximate surface area is 174 Å². The van der Waals surface area contributed by atoms with E-state index in [0.717, 1.165) is 17.7 Å². The van der Waals surface area contributed by atoms with E-state index in [1.54, 1.807) is 16.2 Å². The summed E-state index contributed by atoms with van der Waals surface area (Å²) in [6.45, 7) is 2.37. The van der Waals surface area contributed by atoms with Gasteiger partial charge in [-0.3, -0.25) is 9.59 Å². The first-order chi connectivity index (χ1) is 14.2. The second kappa shape index (κ2) is 7.71. The number of hydrogen-bond acceptors (Lipinski definition) is 5. The fourth-order valence-corrected chi connectivity index (χ4v) is 5.45. The predicted octanol–water partition coefficient (Wildman–Crippen LogP) is 2.75. The van der Waals surface area contributed by atoms with Gasteiger partial charge in [-0.25, -0.2) is 0 Å². The van der Waals surface area contributed by atoms with Gasteiger partial charge in [-0.2, -0.15) is 0 Å². The van der Waals surface area contributed by atoms with E-state index in [1.807, 2.05) is 29.2 Å². The third kappa shape index (κ3) is 3.59. The van der Waals surface area contributed by atoms with Crippen LogP contribution in [0.25, 0.3) is 0 Å². The van der Waals surface area contributed by atoms with Crippen LogP contribution in [0.1, 0.15) is 33.0 Å². The Bertz CT molecular complexity index is 909. The Kier molecular flexibility index (Phi) is 4.91. The van der Waals surface area contributed by atoms with Crippen molar-refractivity contribution < 1.29 is 19.1 Å². The number of fused-ring (bicyclic) bond motifs is 2. The normalized spacial score (nSPS) is 20.9. The molecule has 0 bridgehead atoms. The molecule has 2 aliphatic heterocycles. The number of nitrogens with zero attached hydrogens (tertiary/aromatic N) is 2. The van der Waals surface area contributed by atoms with Crippen LogP contribution < -0.4 is 9.47 Å². The molecule has 0 unspecified atom stereocenters. The van der Waals surface area contributed by atoms with Crippen molar-refractivity contribution >= 4 is 23.2 Å². The van der Waals surface area contributed by atoms with Crippen molar-refractivity contribution in [1.82, 2.24) is 9.80 Å². The van der Waals surface area contributed by atoms with Gasteiger partial charge in [-0.05, 0) is 49.4 Å². The molecule has 1 fully saturated rings. The third-order valence-electron chi connectivity index (χ3n) is 5.87. The zero-order chi connectivity index (χ0) is 19.8. The molecule has 0 spiro atoms. The van der Waals surface area contributed by atoms with Gasteiger partial charge in [0.15, 0.2) is 11.5 Å². The van der Waals surface area contributed by atoms with E-state index in [1.165, 1.54) is 23.3 Å². The molecule has 1 aromatic carbocycles. The Morgan fingerprint density at radius 2 is 1.69 bits per heavy atom. The highest BCUT2D eigenvalue weighted by atomic mass is 32.1. The lowest BCUT2D eigenvalue weighted by atomic mass is 9.99. The summed E-state index contributed by atoms with van der Waals surface area (Å²) in [5, 5.41) is 0. The topological polar surface area (TPSA) is 59.1 Å². The summed E-state index contributed by atoms with van der Waals surface area (Å²) in [6, 6.07) is 9.48. The summed E-state index contributed by atoms with van der Waals surface area (Å²) in [5.74, 6) is 1.30. The molecule has 5 rings (SSSR count). The number of carbonyl (C=O) groups is 2. The van der Waals surface area contributed by atoms with Crippen molar-refractivity contribution in [3.8, 4) is 11.5 Å². The number of para-hydroxylation sites is 2. The van der Waals surface area contributed by atoms with E-state index in [9.17, 15) is 9.59 Å². The minimum atomic E-state index is -0.629. The Balaban J connectivity index is 1.19. The van der Waals surface area contributed by atoms with Crippen LogP contribution in [-0.2, 0) is 17.6 Å². The van der Waals surface area contributed by atoms with Gasteiger partial charge in [0.05, 0.1) is 4.88 Å². The minimum absolute atomic E-state index is 0.0711. The zero-order valence-corrected chi connectivity index (χ0v) is 17.1. The van der Waals surface area contributed by atoms with E-state index in [2.05, 4.69) is 6.07 Å². The van der Waals surface area contributed by atoms with Crippen LogP contribution in [0.3, 0.4) is 0 Å². The van der Waals surface area contributed by atoms with E-state index < -0.39 is 6.10 Å². The summed E-state index contributed by atoms with van der Waals surface area (Å²) < 4.78 is 11.5. The molecule has 29 heavy (non-hydrogen) atoms. The number of hydrogen-bond donors (Lipinski definition) is 0. The monoisotopic (exact) mass is 412 g/mol. The summed E-state index contributed by atoms with van der Waals surface area (Å²) in [5.41, 5.74) is 1.35. The largest absolute Gasteiger partial charge is 0.485 e. The maximum Gasteiger partial charge on any atom is 0.267 e. The molecule has 0 saturated carbocycles. The van der Waals surface area contributed by atoms with Crippen LogP contribution in [0, 0.1) is 0 Å². The smallest absolute Gasteiger partial charge is 0.267 e. The molecule has 3 heterocycles. The molecule has 0 radical (unpaired) electrons. The van der Waals surface area contributed by atoms with Crippen LogP contribution >= 0.6 is 11.3 Å². The van der Waals surface area contributed by atoms with Crippen LogP contribution in [0.15, 0.2) is 30.3 Å². The molecule has 3 aliphatic rings. The van der Waals surface area contributed by atoms with Gasteiger partial charge in [-0.15, -0.1) is 11.3 Å². The van der Waals surface area contributed by atoms with E-state index in [-0.39, 0.29) is 18.4 Å². The van der Waals surface area contributed by atoms with E-state index >= 15 is 0 Å². The van der Waals surface area contributed by atoms with Crippen molar-refractivity contribution in [2.45, 2.75) is 31.8 Å². The molecule has 1 aromatic heterocycles. The summed E-state index contributed by atoms with van der Waals surface area (Å²) in [4.78, 5) is 31.7. The van der Waals surface area contributed by atoms with Gasteiger partial charge in [0, 0.05) is 31.1 Å². The Morgan fingerprint density at radius 3 is 2.48 bits per heavy atom. The molecule has 152 valence electrons. The number of ether oxygens (including phenoxy) is 2. The first-order valence-corrected chi connectivity index (χ1v) is 11.1. The number of piperazine rings is 1. The van der Waals surface area contributed by atoms with Crippen molar-refractivity contribution in [3.05, 3.63) is 45.6 Å². The summed E-state index contributed by atoms with van der Waals surface area (Å²) in [7, 11) is 0. The van der Waals surface area contributed by atoms with Crippen molar-refractivity contribution in [3.63, 3.8) is 0 Å². The molecule has 2 aromatic rings. The average molecular weight is 413 g/mol. The van der Waals surface area contributed by atoms with Gasteiger partial charge in [0.25, 0.3) is 11.8 Å². The van der Waals surface area contributed by atoms with E-state index in [4.69, 9.17) is 9.47 Å². The molecule has 7 heteroatoms. The fourth-order valence-electron chi connectivity index (χ4n) is 4.23. The molecule has 1 saturated heterocycles. The number of thiophene rings is 1. The van der Waals surface area contributed by atoms with E-state index in [0.29, 0.717) is 37.7 Å². The molecule has 1 aliphatic carbocycles. The zero-order valence-electron chi connectivity index (χ0n) is 16.3. The van der Waals surface area contributed by atoms with Crippen molar-refractivity contribution in [2.24, 2.45) is 0 Å². The number of benzene rings is 1. The van der Waals surface area contributed by atoms with Gasteiger partial charge in [0.1, 0.15) is 6.61 Å². The highest BCUT2D eigenvalue weighted by molar-refractivity contribution is 7.14. The van der Waals surface area contributed by atoms with Crippen LogP contribution in [-0.4, -0.2) is 60.5 Å². The SMILES string of the molecule is O=C(c1cc2c(s1)CCCC2)N1CCN(C(=O)[C@@H]2COc3ccccc3O2)CC1. The molecular weight excluding hydrogens is 388 g/mol. The molecule has 6 nitrogen and oxygen atoms in total. The molecule has 2 amide bonds. The van der Waals surface area contributed by atoms with Gasteiger partial charge >= 0.3 is 0 Å². The summed E-state index contributed by atoms with van der Waals surface area (Å²) in [6.07, 6.45) is 4.00. The molecule has 1 atom stereocenters. The number of carbonyl (C=O) groups excluding carboxylic acids is 2. The number of amides is 2. The second-order valence-corrected chi connectivity index (χ2v) is 8.88. The average Bonchev–Trinajstić information content (AvgIpc) is 3.22. The van der Waals surface area contributed by atoms with Crippen molar-refractivity contribution in [2.75, 3.05) is 32.8 Å². The predicted molar refractivity (Wildman–Crippen MR) is 110 cm³/mol. The lowest BCUT2D eigenvalue weighted by Crippen LogP contribution is -2.55. The minimum Gasteiger partial charge on any atom is -0.485 e. The van der Waals surface area contributed by atoms with Gasteiger partial charge in [-0.1, -0.05) is 12.1 Å². The van der Waals surface area contributed by atoms with Gasteiger partial charge < -0.3 is 19.3 Å². The second-order valence-electron chi connectivity index (χ2n) is 7.75. The number of rotatable bonds is 2. The standard InChI is InChI=1S/C22H24N2O4S/c25-21(18-14-27-16-6-2-3-7-17(16)28-18)23-9-11-24(12-10-23)22(26)20-13-15-5-1-4-8-19(15)29-20/h2-3,6-7,13,18H,1,4-5,8-12,14H2/t18-/m0/s1. The molecule has 0 N–H and O–H groups in total. The first-order valence-electron chi connectivity index (χ1n) is 10.3. The van der Waals surface area contributed by atoms with Crippen LogP contribution in [0.5, 0.6) is 11.5 Å². The quantitative estimate of drug-likeness (QED) is 0.761.